The lowest BCUT2D eigenvalue weighted by atomic mass is 10.0. The minimum absolute atomic E-state index is 0.530. The third kappa shape index (κ3) is 5.68. The molecule has 0 radical (unpaired) electrons. The molecule has 0 bridgehead atoms. The van der Waals surface area contributed by atoms with Gasteiger partial charge in [-0.1, -0.05) is 0 Å². The first-order chi connectivity index (χ1) is 9.78. The number of hydrogen-bond donors (Lipinski definition) is 0. The van der Waals surface area contributed by atoms with Gasteiger partial charge in [0.1, 0.15) is 0 Å². The van der Waals surface area contributed by atoms with E-state index >= 15 is 0 Å². The monoisotopic (exact) mass is 316 g/mol. The molecule has 0 N–H and O–H groups in total. The van der Waals surface area contributed by atoms with Gasteiger partial charge in [-0.3, -0.25) is 0 Å². The van der Waals surface area contributed by atoms with E-state index in [0.717, 1.165) is 31.2 Å². The molecule has 0 amide bonds. The molecule has 5 heteroatoms. The first-order valence-corrected chi connectivity index (χ1v) is 8.95. The van der Waals surface area contributed by atoms with Crippen LogP contribution in [0.3, 0.4) is 0 Å². The second-order valence-electron chi connectivity index (χ2n) is 5.67. The molecule has 1 atom stereocenters. The molecular weight excluding hydrogens is 292 g/mol. The summed E-state index contributed by atoms with van der Waals surface area (Å²) >= 11 is 7.50. The van der Waals surface area contributed by atoms with Gasteiger partial charge in [-0.25, -0.2) is 4.98 Å². The highest BCUT2D eigenvalue weighted by molar-refractivity contribution is 7.09. The Labute approximate surface area is 131 Å². The molecule has 20 heavy (non-hydrogen) atoms. The van der Waals surface area contributed by atoms with Gasteiger partial charge in [0, 0.05) is 18.5 Å². The lowest BCUT2D eigenvalue weighted by Gasteiger charge is -2.27. The number of rotatable bonds is 8. The van der Waals surface area contributed by atoms with Gasteiger partial charge in [0.15, 0.2) is 0 Å². The summed E-state index contributed by atoms with van der Waals surface area (Å²) in [5.41, 5.74) is 1.01. The molecule has 1 saturated heterocycles. The van der Waals surface area contributed by atoms with E-state index < -0.39 is 0 Å². The van der Waals surface area contributed by atoms with E-state index in [1.54, 1.807) is 11.3 Å². The van der Waals surface area contributed by atoms with Crippen LogP contribution in [-0.4, -0.2) is 43.2 Å². The van der Waals surface area contributed by atoms with Crippen LogP contribution >= 0.6 is 22.9 Å². The third-order valence-corrected chi connectivity index (χ3v) is 4.97. The number of aryl methyl sites for hydroxylation is 1. The summed E-state index contributed by atoms with van der Waals surface area (Å²) in [5.74, 6) is 1.27. The van der Waals surface area contributed by atoms with Crippen molar-refractivity contribution in [3.63, 3.8) is 0 Å². The molecule has 3 nitrogen and oxygen atoms in total. The predicted molar refractivity (Wildman–Crippen MR) is 85.6 cm³/mol. The van der Waals surface area contributed by atoms with Crippen LogP contribution in [0.25, 0.3) is 0 Å². The van der Waals surface area contributed by atoms with E-state index in [-0.39, 0.29) is 0 Å². The van der Waals surface area contributed by atoms with Crippen LogP contribution in [-0.2, 0) is 17.0 Å². The van der Waals surface area contributed by atoms with Crippen LogP contribution < -0.4 is 0 Å². The average Bonchev–Trinajstić information content (AvgIpc) is 2.93. The second kappa shape index (κ2) is 8.98. The molecule has 0 aliphatic carbocycles. The molecule has 0 saturated carbocycles. The van der Waals surface area contributed by atoms with E-state index in [0.29, 0.717) is 5.88 Å². The Bertz CT molecular complexity index is 380. The van der Waals surface area contributed by atoms with Crippen molar-refractivity contribution in [1.82, 2.24) is 9.88 Å². The number of ether oxygens (including phenoxy) is 1. The quantitative estimate of drug-likeness (QED) is 0.541. The number of unbranched alkanes of at least 4 members (excludes halogenated alkanes) is 1. The fourth-order valence-corrected chi connectivity index (χ4v) is 3.74. The maximum absolute atomic E-state index is 5.76. The lowest BCUT2D eigenvalue weighted by Crippen LogP contribution is -2.31. The fourth-order valence-electron chi connectivity index (χ4n) is 2.67. The molecule has 1 unspecified atom stereocenters. The minimum atomic E-state index is 0.530. The van der Waals surface area contributed by atoms with Gasteiger partial charge >= 0.3 is 0 Å². The molecular formula is C15H25ClN2OS. The summed E-state index contributed by atoms with van der Waals surface area (Å²) in [6.07, 6.45) is 6.08. The van der Waals surface area contributed by atoms with E-state index in [1.165, 1.54) is 43.8 Å². The zero-order chi connectivity index (χ0) is 14.2. The fraction of sp³-hybridized carbons (Fsp3) is 0.800. The SMILES string of the molecule is CN(CCCCc1nc(CCl)cs1)CC1CCCOC1. The van der Waals surface area contributed by atoms with Crippen molar-refractivity contribution in [1.29, 1.82) is 0 Å². The lowest BCUT2D eigenvalue weighted by molar-refractivity contribution is 0.0419. The first-order valence-electron chi connectivity index (χ1n) is 7.53. The zero-order valence-corrected chi connectivity index (χ0v) is 13.9. The van der Waals surface area contributed by atoms with E-state index in [2.05, 4.69) is 22.3 Å². The van der Waals surface area contributed by atoms with Gasteiger partial charge in [0.25, 0.3) is 0 Å². The van der Waals surface area contributed by atoms with Gasteiger partial charge in [0.05, 0.1) is 23.2 Å². The summed E-state index contributed by atoms with van der Waals surface area (Å²) in [5, 5.41) is 3.29. The van der Waals surface area contributed by atoms with Crippen LogP contribution in [0.15, 0.2) is 5.38 Å². The number of thiazole rings is 1. The van der Waals surface area contributed by atoms with Gasteiger partial charge in [-0.2, -0.15) is 0 Å². The van der Waals surface area contributed by atoms with Crippen LogP contribution in [0.1, 0.15) is 36.4 Å². The Kier molecular flexibility index (Phi) is 7.28. The highest BCUT2D eigenvalue weighted by Gasteiger charge is 2.15. The Hall–Kier alpha value is -0.160. The third-order valence-electron chi connectivity index (χ3n) is 3.74. The molecule has 1 aromatic heterocycles. The zero-order valence-electron chi connectivity index (χ0n) is 12.3. The van der Waals surface area contributed by atoms with Gasteiger partial charge < -0.3 is 9.64 Å². The molecule has 0 spiro atoms. The topological polar surface area (TPSA) is 25.4 Å². The Balaban J connectivity index is 1.55. The van der Waals surface area contributed by atoms with E-state index in [9.17, 15) is 0 Å². The normalized spacial score (nSPS) is 19.6. The summed E-state index contributed by atoms with van der Waals surface area (Å²) in [6.45, 7) is 4.25. The van der Waals surface area contributed by atoms with Crippen LogP contribution in [0, 0.1) is 5.92 Å². The van der Waals surface area contributed by atoms with Gasteiger partial charge in [-0.15, -0.1) is 22.9 Å². The summed E-state index contributed by atoms with van der Waals surface area (Å²) in [4.78, 5) is 6.95. The van der Waals surface area contributed by atoms with E-state index in [4.69, 9.17) is 16.3 Å². The Morgan fingerprint density at radius 2 is 2.40 bits per heavy atom. The highest BCUT2D eigenvalue weighted by atomic mass is 35.5. The number of halogens is 1. The molecule has 0 aromatic carbocycles. The predicted octanol–water partition coefficient (Wildman–Crippen LogP) is 3.56. The maximum Gasteiger partial charge on any atom is 0.0928 e. The van der Waals surface area contributed by atoms with Gasteiger partial charge in [0.2, 0.25) is 0 Å². The molecule has 1 fully saturated rings. The van der Waals surface area contributed by atoms with Crippen molar-refractivity contribution in [2.75, 3.05) is 33.4 Å². The van der Waals surface area contributed by atoms with E-state index in [1.807, 2.05) is 0 Å². The Morgan fingerprint density at radius 3 is 3.10 bits per heavy atom. The molecule has 2 rings (SSSR count). The average molecular weight is 317 g/mol. The largest absolute Gasteiger partial charge is 0.381 e. The number of hydrogen-bond acceptors (Lipinski definition) is 4. The smallest absolute Gasteiger partial charge is 0.0928 e. The van der Waals surface area contributed by atoms with Crippen molar-refractivity contribution in [3.05, 3.63) is 16.1 Å². The van der Waals surface area contributed by atoms with Crippen molar-refractivity contribution in [3.8, 4) is 0 Å². The van der Waals surface area contributed by atoms with Crippen molar-refractivity contribution >= 4 is 22.9 Å². The molecule has 1 aliphatic rings. The maximum atomic E-state index is 5.76. The first kappa shape index (κ1) is 16.2. The van der Waals surface area contributed by atoms with Crippen LogP contribution in [0.2, 0.25) is 0 Å². The number of alkyl halides is 1. The molecule has 2 heterocycles. The van der Waals surface area contributed by atoms with Crippen molar-refractivity contribution in [2.24, 2.45) is 5.92 Å². The number of aromatic nitrogens is 1. The second-order valence-corrected chi connectivity index (χ2v) is 6.88. The molecule has 1 aromatic rings. The summed E-state index contributed by atoms with van der Waals surface area (Å²) in [7, 11) is 2.23. The van der Waals surface area contributed by atoms with Gasteiger partial charge in [-0.05, 0) is 51.6 Å². The number of nitrogens with zero attached hydrogens (tertiary/aromatic N) is 2. The Morgan fingerprint density at radius 1 is 1.50 bits per heavy atom. The minimum Gasteiger partial charge on any atom is -0.381 e. The van der Waals surface area contributed by atoms with Crippen molar-refractivity contribution in [2.45, 2.75) is 38.0 Å². The molecule has 1 aliphatic heterocycles. The highest BCUT2D eigenvalue weighted by Crippen LogP contribution is 2.16. The summed E-state index contributed by atoms with van der Waals surface area (Å²) in [6, 6.07) is 0. The summed E-state index contributed by atoms with van der Waals surface area (Å²) < 4.78 is 5.54. The molecule has 114 valence electrons. The standard InChI is InChI=1S/C15H25ClN2OS/c1-18(10-13-5-4-8-19-11-13)7-3-2-6-15-17-14(9-16)12-20-15/h12-13H,2-11H2,1H3. The van der Waals surface area contributed by atoms with Crippen LogP contribution in [0.4, 0.5) is 0 Å². The van der Waals surface area contributed by atoms with Crippen LogP contribution in [0.5, 0.6) is 0 Å². The van der Waals surface area contributed by atoms with Crippen molar-refractivity contribution < 1.29 is 4.74 Å².